The van der Waals surface area contributed by atoms with Gasteiger partial charge in [0.25, 0.3) is 0 Å². The Balaban J connectivity index is 2.67. The van der Waals surface area contributed by atoms with Gasteiger partial charge < -0.3 is 10.1 Å². The molecule has 0 heterocycles. The number of halogens is 1. The van der Waals surface area contributed by atoms with Gasteiger partial charge >= 0.3 is 0 Å². The van der Waals surface area contributed by atoms with E-state index in [1.807, 2.05) is 6.07 Å². The van der Waals surface area contributed by atoms with E-state index in [-0.39, 0.29) is 0 Å². The molecular weight excluding hydrogens is 290 g/mol. The monoisotopic (exact) mass is 313 g/mol. The van der Waals surface area contributed by atoms with Crippen LogP contribution in [0.2, 0.25) is 0 Å². The Kier molecular flexibility index (Phi) is 6.72. The van der Waals surface area contributed by atoms with Crippen LogP contribution in [-0.4, -0.2) is 13.2 Å². The first-order valence-corrected chi connectivity index (χ1v) is 7.41. The van der Waals surface area contributed by atoms with Crippen molar-refractivity contribution in [2.45, 2.75) is 34.2 Å². The Hall–Kier alpha value is -0.540. The molecule has 0 aliphatic heterocycles. The van der Waals surface area contributed by atoms with Crippen molar-refractivity contribution in [3.8, 4) is 5.75 Å². The van der Waals surface area contributed by atoms with Gasteiger partial charge in [-0.2, -0.15) is 0 Å². The summed E-state index contributed by atoms with van der Waals surface area (Å²) in [7, 11) is 0. The predicted octanol–water partition coefficient (Wildman–Crippen LogP) is 4.23. The van der Waals surface area contributed by atoms with Gasteiger partial charge in [0.1, 0.15) is 5.75 Å². The van der Waals surface area contributed by atoms with E-state index in [4.69, 9.17) is 4.74 Å². The molecule has 0 spiro atoms. The molecule has 2 nitrogen and oxygen atoms in total. The van der Waals surface area contributed by atoms with Crippen molar-refractivity contribution in [3.05, 3.63) is 28.2 Å². The quantitative estimate of drug-likeness (QED) is 0.813. The highest BCUT2D eigenvalue weighted by Gasteiger charge is 2.08. The molecule has 0 atom stereocenters. The molecule has 0 aliphatic rings. The summed E-state index contributed by atoms with van der Waals surface area (Å²) >= 11 is 3.57. The highest BCUT2D eigenvalue weighted by Crippen LogP contribution is 2.29. The first-order chi connectivity index (χ1) is 8.50. The first-order valence-electron chi connectivity index (χ1n) is 6.61. The Labute approximate surface area is 119 Å². The molecule has 1 aromatic rings. The van der Waals surface area contributed by atoms with Gasteiger partial charge in [0.15, 0.2) is 0 Å². The minimum Gasteiger partial charge on any atom is -0.492 e. The molecule has 0 unspecified atom stereocenters. The van der Waals surface area contributed by atoms with Crippen molar-refractivity contribution in [2.75, 3.05) is 13.2 Å². The SMILES string of the molecule is CC(C)CNCc1cccc(Br)c1OCC(C)C. The van der Waals surface area contributed by atoms with Crippen molar-refractivity contribution in [2.24, 2.45) is 11.8 Å². The van der Waals surface area contributed by atoms with E-state index in [1.54, 1.807) is 0 Å². The fourth-order valence-corrected chi connectivity index (χ4v) is 2.12. The molecule has 0 aromatic heterocycles. The van der Waals surface area contributed by atoms with Crippen molar-refractivity contribution in [1.29, 1.82) is 0 Å². The van der Waals surface area contributed by atoms with Crippen LogP contribution in [0.1, 0.15) is 33.3 Å². The molecule has 1 rings (SSSR count). The summed E-state index contributed by atoms with van der Waals surface area (Å²) in [6.45, 7) is 11.4. The molecule has 0 saturated heterocycles. The molecule has 0 saturated carbocycles. The van der Waals surface area contributed by atoms with Crippen LogP contribution in [0.25, 0.3) is 0 Å². The number of ether oxygens (including phenoxy) is 1. The first kappa shape index (κ1) is 15.5. The zero-order valence-electron chi connectivity index (χ0n) is 11.8. The Morgan fingerprint density at radius 3 is 2.50 bits per heavy atom. The maximum Gasteiger partial charge on any atom is 0.137 e. The molecule has 0 bridgehead atoms. The van der Waals surface area contributed by atoms with E-state index < -0.39 is 0 Å². The van der Waals surface area contributed by atoms with Crippen LogP contribution in [0.5, 0.6) is 5.75 Å². The number of para-hydroxylation sites is 1. The zero-order valence-corrected chi connectivity index (χ0v) is 13.4. The van der Waals surface area contributed by atoms with Gasteiger partial charge in [0, 0.05) is 12.1 Å². The standard InChI is InChI=1S/C15H24BrNO/c1-11(2)8-17-9-13-6-5-7-14(16)15(13)18-10-12(3)4/h5-7,11-12,17H,8-10H2,1-4H3. The second-order valence-electron chi connectivity index (χ2n) is 5.46. The average Bonchev–Trinajstić information content (AvgIpc) is 2.27. The van der Waals surface area contributed by atoms with Gasteiger partial charge in [-0.3, -0.25) is 0 Å². The fraction of sp³-hybridized carbons (Fsp3) is 0.600. The normalized spacial score (nSPS) is 11.3. The summed E-state index contributed by atoms with van der Waals surface area (Å²) < 4.78 is 6.93. The molecule has 0 amide bonds. The predicted molar refractivity (Wildman–Crippen MR) is 81.0 cm³/mol. The minimum atomic E-state index is 0.536. The summed E-state index contributed by atoms with van der Waals surface area (Å²) in [6.07, 6.45) is 0. The summed E-state index contributed by atoms with van der Waals surface area (Å²) in [5, 5.41) is 3.46. The highest BCUT2D eigenvalue weighted by atomic mass is 79.9. The molecular formula is C15H24BrNO. The second kappa shape index (κ2) is 7.80. The number of rotatable bonds is 7. The van der Waals surface area contributed by atoms with Crippen molar-refractivity contribution in [1.82, 2.24) is 5.32 Å². The Morgan fingerprint density at radius 1 is 1.17 bits per heavy atom. The number of hydrogen-bond acceptors (Lipinski definition) is 2. The summed E-state index contributed by atoms with van der Waals surface area (Å²) in [6, 6.07) is 6.20. The van der Waals surface area contributed by atoms with Crippen LogP contribution < -0.4 is 10.1 Å². The molecule has 0 radical (unpaired) electrons. The number of benzene rings is 1. The number of hydrogen-bond donors (Lipinski definition) is 1. The molecule has 18 heavy (non-hydrogen) atoms. The largest absolute Gasteiger partial charge is 0.492 e. The second-order valence-corrected chi connectivity index (χ2v) is 6.31. The molecule has 0 fully saturated rings. The molecule has 1 N–H and O–H groups in total. The summed E-state index contributed by atoms with van der Waals surface area (Å²) in [5.74, 6) is 2.17. The van der Waals surface area contributed by atoms with E-state index in [1.165, 1.54) is 5.56 Å². The van der Waals surface area contributed by atoms with Crippen LogP contribution in [0.4, 0.5) is 0 Å². The Bertz CT molecular complexity index is 364. The average molecular weight is 314 g/mol. The van der Waals surface area contributed by atoms with Crippen LogP contribution in [0, 0.1) is 11.8 Å². The fourth-order valence-electron chi connectivity index (χ4n) is 1.60. The van der Waals surface area contributed by atoms with E-state index in [2.05, 4.69) is 61.1 Å². The smallest absolute Gasteiger partial charge is 0.137 e. The maximum atomic E-state index is 5.90. The van der Waals surface area contributed by atoms with Gasteiger partial charge in [0.05, 0.1) is 11.1 Å². The lowest BCUT2D eigenvalue weighted by Crippen LogP contribution is -2.19. The molecule has 102 valence electrons. The van der Waals surface area contributed by atoms with Crippen molar-refractivity contribution >= 4 is 15.9 Å². The maximum absolute atomic E-state index is 5.90. The lowest BCUT2D eigenvalue weighted by Gasteiger charge is -2.16. The molecule has 3 heteroatoms. The molecule has 0 aliphatic carbocycles. The van der Waals surface area contributed by atoms with E-state index in [0.717, 1.165) is 29.9 Å². The third kappa shape index (κ3) is 5.40. The topological polar surface area (TPSA) is 21.3 Å². The van der Waals surface area contributed by atoms with E-state index in [9.17, 15) is 0 Å². The highest BCUT2D eigenvalue weighted by molar-refractivity contribution is 9.10. The summed E-state index contributed by atoms with van der Waals surface area (Å²) in [4.78, 5) is 0. The molecule has 1 aromatic carbocycles. The van der Waals surface area contributed by atoms with Gasteiger partial charge in [-0.05, 0) is 40.4 Å². The third-order valence-electron chi connectivity index (χ3n) is 2.48. The van der Waals surface area contributed by atoms with Gasteiger partial charge in [-0.15, -0.1) is 0 Å². The van der Waals surface area contributed by atoms with Crippen LogP contribution in [0.15, 0.2) is 22.7 Å². The lowest BCUT2D eigenvalue weighted by molar-refractivity contribution is 0.266. The van der Waals surface area contributed by atoms with E-state index >= 15 is 0 Å². The zero-order chi connectivity index (χ0) is 13.5. The van der Waals surface area contributed by atoms with Crippen LogP contribution >= 0.6 is 15.9 Å². The van der Waals surface area contributed by atoms with Crippen molar-refractivity contribution < 1.29 is 4.74 Å². The van der Waals surface area contributed by atoms with Crippen molar-refractivity contribution in [3.63, 3.8) is 0 Å². The number of nitrogens with one attached hydrogen (secondary N) is 1. The van der Waals surface area contributed by atoms with Gasteiger partial charge in [-0.1, -0.05) is 39.8 Å². The summed E-state index contributed by atoms with van der Waals surface area (Å²) in [5.41, 5.74) is 1.21. The lowest BCUT2D eigenvalue weighted by atomic mass is 10.1. The van der Waals surface area contributed by atoms with Gasteiger partial charge in [0.2, 0.25) is 0 Å². The Morgan fingerprint density at radius 2 is 1.89 bits per heavy atom. The van der Waals surface area contributed by atoms with Crippen LogP contribution in [0.3, 0.4) is 0 Å². The third-order valence-corrected chi connectivity index (χ3v) is 3.10. The van der Waals surface area contributed by atoms with Crippen LogP contribution in [-0.2, 0) is 6.54 Å². The van der Waals surface area contributed by atoms with E-state index in [0.29, 0.717) is 11.8 Å². The van der Waals surface area contributed by atoms with Gasteiger partial charge in [-0.25, -0.2) is 0 Å². The minimum absolute atomic E-state index is 0.536.